The van der Waals surface area contributed by atoms with E-state index in [-0.39, 0.29) is 29.1 Å². The van der Waals surface area contributed by atoms with Crippen LogP contribution in [0.15, 0.2) is 11.1 Å². The zero-order valence-electron chi connectivity index (χ0n) is 17.3. The quantitative estimate of drug-likeness (QED) is 0.415. The van der Waals surface area contributed by atoms with Gasteiger partial charge < -0.3 is 10.2 Å². The van der Waals surface area contributed by atoms with E-state index in [2.05, 4.69) is 22.2 Å². The molecule has 3 N–H and O–H groups in total. The summed E-state index contributed by atoms with van der Waals surface area (Å²) in [5.41, 5.74) is -0.526. The number of hydrogen-bond acceptors (Lipinski definition) is 7. The summed E-state index contributed by atoms with van der Waals surface area (Å²) in [5.74, 6) is -0.175. The highest BCUT2D eigenvalue weighted by Gasteiger charge is 2.34. The summed E-state index contributed by atoms with van der Waals surface area (Å²) in [5, 5.41) is 21.1. The summed E-state index contributed by atoms with van der Waals surface area (Å²) >= 11 is 1.32. The zero-order chi connectivity index (χ0) is 21.1. The average molecular weight is 427 g/mol. The molecule has 29 heavy (non-hydrogen) atoms. The molecule has 164 valence electrons. The van der Waals surface area contributed by atoms with E-state index >= 15 is 0 Å². The van der Waals surface area contributed by atoms with Gasteiger partial charge in [-0.2, -0.15) is 4.98 Å². The molecule has 0 saturated carbocycles. The summed E-state index contributed by atoms with van der Waals surface area (Å²) in [6.45, 7) is 2.07. The molecule has 1 amide bonds. The maximum absolute atomic E-state index is 12.2. The van der Waals surface area contributed by atoms with Crippen LogP contribution in [0.25, 0.3) is 0 Å². The van der Waals surface area contributed by atoms with Gasteiger partial charge in [-0.1, -0.05) is 58.3 Å². The van der Waals surface area contributed by atoms with Gasteiger partial charge in [-0.3, -0.25) is 14.7 Å². The number of thioether (sulfide) groups is 1. The third-order valence-electron chi connectivity index (χ3n) is 5.18. The number of anilines is 1. The normalized spacial score (nSPS) is 21.4. The van der Waals surface area contributed by atoms with Crippen molar-refractivity contribution in [2.45, 2.75) is 94.3 Å². The lowest BCUT2D eigenvalue weighted by Crippen LogP contribution is -2.28. The highest BCUT2D eigenvalue weighted by molar-refractivity contribution is 8.00. The van der Waals surface area contributed by atoms with Crippen molar-refractivity contribution in [3.63, 3.8) is 0 Å². The number of amides is 1. The molecule has 2 rings (SSSR count). The number of carbonyl (C=O) groups excluding carboxylic acids is 1. The van der Waals surface area contributed by atoms with Crippen molar-refractivity contribution in [2.24, 2.45) is 0 Å². The second-order valence-electron chi connectivity index (χ2n) is 7.61. The van der Waals surface area contributed by atoms with Crippen LogP contribution in [0, 0.1) is 0 Å². The molecule has 1 aromatic rings. The molecule has 1 saturated heterocycles. The predicted octanol–water partition coefficient (Wildman–Crippen LogP) is 2.86. The van der Waals surface area contributed by atoms with Gasteiger partial charge in [-0.05, 0) is 6.42 Å². The second kappa shape index (κ2) is 13.0. The van der Waals surface area contributed by atoms with Crippen molar-refractivity contribution >= 4 is 23.6 Å². The summed E-state index contributed by atoms with van der Waals surface area (Å²) in [6, 6.07) is 0. The molecule has 2 heterocycles. The molecule has 0 spiro atoms. The van der Waals surface area contributed by atoms with Gasteiger partial charge in [0.05, 0.1) is 23.3 Å². The topological polar surface area (TPSA) is 117 Å². The molecular weight excluding hydrogens is 392 g/mol. The van der Waals surface area contributed by atoms with E-state index in [0.29, 0.717) is 12.8 Å². The number of nitrogens with one attached hydrogen (secondary N) is 1. The maximum Gasteiger partial charge on any atom is 0.353 e. The van der Waals surface area contributed by atoms with Gasteiger partial charge in [0.15, 0.2) is 0 Å². The number of aliphatic hydroxyl groups excluding tert-OH is 2. The molecule has 0 radical (unpaired) electrons. The Kier molecular flexibility index (Phi) is 10.7. The second-order valence-corrected chi connectivity index (χ2v) is 9.03. The standard InChI is InChI=1S/C20H34N4O4S/c1-2-3-4-5-6-7-8-9-10-11-17(27)22-19-21-14-24(20(28)23-19)18-12-15(26)16(13-25)29-18/h14-16,18,25-26H,2-13H2,1H3,(H,22,23,27,28)/t15-,16-,18-/m1/s1. The lowest BCUT2D eigenvalue weighted by atomic mass is 10.1. The molecule has 0 unspecified atom stereocenters. The van der Waals surface area contributed by atoms with Crippen LogP contribution in [0.5, 0.6) is 0 Å². The number of aromatic nitrogens is 3. The van der Waals surface area contributed by atoms with Crippen LogP contribution in [0.2, 0.25) is 0 Å². The van der Waals surface area contributed by atoms with E-state index in [1.807, 2.05) is 0 Å². The molecular formula is C20H34N4O4S. The maximum atomic E-state index is 12.2. The SMILES string of the molecule is CCCCCCCCCCCC(=O)Nc1ncn([C@H]2C[C@@H](O)[C@@H](CO)S2)c(=O)n1. The molecule has 1 fully saturated rings. The largest absolute Gasteiger partial charge is 0.395 e. The van der Waals surface area contributed by atoms with Crippen molar-refractivity contribution in [1.29, 1.82) is 0 Å². The Bertz CT molecular complexity index is 685. The minimum Gasteiger partial charge on any atom is -0.395 e. The Hall–Kier alpha value is -1.45. The molecule has 3 atom stereocenters. The molecule has 9 heteroatoms. The summed E-state index contributed by atoms with van der Waals surface area (Å²) in [6.07, 6.45) is 12.1. The van der Waals surface area contributed by atoms with Gasteiger partial charge in [0.25, 0.3) is 0 Å². The number of hydrogen-bond donors (Lipinski definition) is 3. The van der Waals surface area contributed by atoms with Crippen molar-refractivity contribution in [3.05, 3.63) is 16.8 Å². The third kappa shape index (κ3) is 8.06. The van der Waals surface area contributed by atoms with Gasteiger partial charge >= 0.3 is 5.69 Å². The fraction of sp³-hybridized carbons (Fsp3) is 0.800. The van der Waals surface area contributed by atoms with Gasteiger partial charge in [0.2, 0.25) is 11.9 Å². The fourth-order valence-corrected chi connectivity index (χ4v) is 4.80. The van der Waals surface area contributed by atoms with Crippen molar-refractivity contribution < 1.29 is 15.0 Å². The van der Waals surface area contributed by atoms with Crippen molar-refractivity contribution in [2.75, 3.05) is 11.9 Å². The number of rotatable bonds is 13. The number of carbonyl (C=O) groups is 1. The summed E-state index contributed by atoms with van der Waals surface area (Å²) in [4.78, 5) is 32.2. The highest BCUT2D eigenvalue weighted by atomic mass is 32.2. The van der Waals surface area contributed by atoms with Crippen molar-refractivity contribution in [1.82, 2.24) is 14.5 Å². The summed E-state index contributed by atoms with van der Waals surface area (Å²) < 4.78 is 1.33. The lowest BCUT2D eigenvalue weighted by Gasteiger charge is -2.12. The molecule has 1 aliphatic rings. The van der Waals surface area contributed by atoms with E-state index < -0.39 is 11.8 Å². The number of unbranched alkanes of at least 4 members (excludes halogenated alkanes) is 8. The van der Waals surface area contributed by atoms with Crippen LogP contribution in [-0.4, -0.2) is 48.6 Å². The first-order valence-corrected chi connectivity index (χ1v) is 11.7. The van der Waals surface area contributed by atoms with E-state index in [9.17, 15) is 19.8 Å². The van der Waals surface area contributed by atoms with Crippen molar-refractivity contribution in [3.8, 4) is 0 Å². The van der Waals surface area contributed by atoms with Crippen LogP contribution >= 0.6 is 11.8 Å². The van der Waals surface area contributed by atoms with Gasteiger partial charge in [-0.25, -0.2) is 9.78 Å². The number of nitrogens with zero attached hydrogens (tertiary/aromatic N) is 3. The lowest BCUT2D eigenvalue weighted by molar-refractivity contribution is -0.116. The summed E-state index contributed by atoms with van der Waals surface area (Å²) in [7, 11) is 0. The van der Waals surface area contributed by atoms with Crippen LogP contribution in [0.1, 0.15) is 82.9 Å². The van der Waals surface area contributed by atoms with Gasteiger partial charge in [-0.15, -0.1) is 11.8 Å². The van der Waals surface area contributed by atoms with E-state index in [4.69, 9.17) is 0 Å². The van der Waals surface area contributed by atoms with Crippen LogP contribution in [-0.2, 0) is 4.79 Å². The Morgan fingerprint density at radius 2 is 1.86 bits per heavy atom. The first-order chi connectivity index (χ1) is 14.0. The van der Waals surface area contributed by atoms with E-state index in [0.717, 1.165) is 19.3 Å². The monoisotopic (exact) mass is 426 g/mol. The van der Waals surface area contributed by atoms with Gasteiger partial charge in [0, 0.05) is 12.8 Å². The van der Waals surface area contributed by atoms with Crippen LogP contribution in [0.3, 0.4) is 0 Å². The first-order valence-electron chi connectivity index (χ1n) is 10.7. The molecule has 0 aliphatic carbocycles. The van der Waals surface area contributed by atoms with Gasteiger partial charge in [0.1, 0.15) is 6.33 Å². The Labute approximate surface area is 176 Å². The highest BCUT2D eigenvalue weighted by Crippen LogP contribution is 2.40. The van der Waals surface area contributed by atoms with E-state index in [1.54, 1.807) is 0 Å². The van der Waals surface area contributed by atoms with E-state index in [1.165, 1.54) is 61.2 Å². The fourth-order valence-electron chi connectivity index (χ4n) is 3.43. The first kappa shape index (κ1) is 23.8. The molecule has 0 bridgehead atoms. The minimum absolute atomic E-state index is 0.00873. The minimum atomic E-state index is -0.669. The Morgan fingerprint density at radius 3 is 2.45 bits per heavy atom. The smallest absolute Gasteiger partial charge is 0.353 e. The van der Waals surface area contributed by atoms with Crippen LogP contribution < -0.4 is 11.0 Å². The predicted molar refractivity (Wildman–Crippen MR) is 115 cm³/mol. The zero-order valence-corrected chi connectivity index (χ0v) is 18.1. The Balaban J connectivity index is 1.68. The Morgan fingerprint density at radius 1 is 1.21 bits per heavy atom. The molecule has 0 aromatic carbocycles. The number of aliphatic hydroxyl groups is 2. The average Bonchev–Trinajstić information content (AvgIpc) is 3.07. The van der Waals surface area contributed by atoms with Crippen LogP contribution in [0.4, 0.5) is 5.95 Å². The molecule has 1 aliphatic heterocycles. The molecule has 1 aromatic heterocycles. The molecule has 8 nitrogen and oxygen atoms in total. The third-order valence-corrected chi connectivity index (χ3v) is 6.73.